The number of nitrogens with two attached hydrogens (primary N) is 1. The second-order valence-corrected chi connectivity index (χ2v) is 5.77. The third kappa shape index (κ3) is 2.52. The largest absolute Gasteiger partial charge is 0.494 e. The topological polar surface area (TPSA) is 74.7 Å². The number of aromatic nitrogens is 3. The molecule has 0 unspecified atom stereocenters. The van der Waals surface area contributed by atoms with E-state index in [0.29, 0.717) is 17.3 Å². The number of hydrogen-bond donors (Lipinski definition) is 1. The van der Waals surface area contributed by atoms with E-state index in [1.54, 1.807) is 20.4 Å². The van der Waals surface area contributed by atoms with Crippen molar-refractivity contribution >= 4 is 11.3 Å². The predicted molar refractivity (Wildman–Crippen MR) is 101 cm³/mol. The molecule has 0 aliphatic carbocycles. The first-order valence-electron chi connectivity index (χ1n) is 8.13. The number of fused-ring (bicyclic) bond motifs is 1. The average molecular weight is 346 g/mol. The Labute approximate surface area is 150 Å². The second kappa shape index (κ2) is 6.40. The summed E-state index contributed by atoms with van der Waals surface area (Å²) in [7, 11) is 3.14. The summed E-state index contributed by atoms with van der Waals surface area (Å²) in [5.41, 5.74) is 10.9. The molecule has 0 aliphatic rings. The first-order valence-corrected chi connectivity index (χ1v) is 8.13. The smallest absolute Gasteiger partial charge is 0.241 e. The molecule has 4 aromatic rings. The number of imidazole rings is 1. The minimum absolute atomic E-state index is 0.333. The van der Waals surface area contributed by atoms with Crippen LogP contribution in [0.1, 0.15) is 0 Å². The number of benzene rings is 1. The molecule has 0 fully saturated rings. The van der Waals surface area contributed by atoms with Crippen LogP contribution in [0.4, 0.5) is 5.69 Å². The number of ether oxygens (including phenoxy) is 2. The van der Waals surface area contributed by atoms with Gasteiger partial charge >= 0.3 is 0 Å². The number of pyridine rings is 2. The summed E-state index contributed by atoms with van der Waals surface area (Å²) in [6.45, 7) is 0. The molecule has 0 aliphatic heterocycles. The summed E-state index contributed by atoms with van der Waals surface area (Å²) in [6, 6.07) is 13.9. The van der Waals surface area contributed by atoms with E-state index in [1.165, 1.54) is 0 Å². The van der Waals surface area contributed by atoms with E-state index < -0.39 is 0 Å². The van der Waals surface area contributed by atoms with Gasteiger partial charge in [0, 0.05) is 24.2 Å². The zero-order valence-corrected chi connectivity index (χ0v) is 14.5. The lowest BCUT2D eigenvalue weighted by atomic mass is 9.98. The van der Waals surface area contributed by atoms with Gasteiger partial charge in [0.05, 0.1) is 25.5 Å². The monoisotopic (exact) mass is 346 g/mol. The Bertz CT molecular complexity index is 1070. The van der Waals surface area contributed by atoms with Crippen LogP contribution < -0.4 is 15.2 Å². The third-order valence-corrected chi connectivity index (χ3v) is 4.28. The van der Waals surface area contributed by atoms with E-state index in [-0.39, 0.29) is 0 Å². The molecule has 0 spiro atoms. The van der Waals surface area contributed by atoms with Crippen LogP contribution >= 0.6 is 0 Å². The van der Waals surface area contributed by atoms with Crippen molar-refractivity contribution in [3.8, 4) is 34.0 Å². The van der Waals surface area contributed by atoms with Gasteiger partial charge in [0.15, 0.2) is 5.75 Å². The SMILES string of the molecule is COc1nc(-c2ccn3ccnc3c2)c(-c2ccccc2)c(OC)c1N. The summed E-state index contributed by atoms with van der Waals surface area (Å²) < 4.78 is 13.0. The molecule has 0 saturated heterocycles. The fourth-order valence-electron chi connectivity index (χ4n) is 3.06. The Kier molecular flexibility index (Phi) is 3.93. The van der Waals surface area contributed by atoms with Crippen LogP contribution in [-0.2, 0) is 0 Å². The molecular weight excluding hydrogens is 328 g/mol. The van der Waals surface area contributed by atoms with Gasteiger partial charge in [-0.15, -0.1) is 0 Å². The highest BCUT2D eigenvalue weighted by Gasteiger charge is 2.22. The van der Waals surface area contributed by atoms with Crippen molar-refractivity contribution < 1.29 is 9.47 Å². The lowest BCUT2D eigenvalue weighted by Gasteiger charge is -2.18. The van der Waals surface area contributed by atoms with Crippen LogP contribution in [0.3, 0.4) is 0 Å². The summed E-state index contributed by atoms with van der Waals surface area (Å²) in [6.07, 6.45) is 5.60. The van der Waals surface area contributed by atoms with Crippen molar-refractivity contribution in [1.82, 2.24) is 14.4 Å². The molecule has 6 heteroatoms. The quantitative estimate of drug-likeness (QED) is 0.610. The Morgan fingerprint density at radius 2 is 1.77 bits per heavy atom. The zero-order chi connectivity index (χ0) is 18.1. The normalized spacial score (nSPS) is 10.8. The summed E-state index contributed by atoms with van der Waals surface area (Å²) in [5.74, 6) is 0.876. The highest BCUT2D eigenvalue weighted by atomic mass is 16.5. The molecule has 130 valence electrons. The Balaban J connectivity index is 2.06. The minimum atomic E-state index is 0.333. The van der Waals surface area contributed by atoms with E-state index >= 15 is 0 Å². The molecule has 6 nitrogen and oxygen atoms in total. The van der Waals surface area contributed by atoms with Crippen LogP contribution in [0.15, 0.2) is 61.1 Å². The summed E-state index contributed by atoms with van der Waals surface area (Å²) in [5, 5.41) is 0. The highest BCUT2D eigenvalue weighted by Crippen LogP contribution is 2.45. The number of methoxy groups -OCH3 is 2. The van der Waals surface area contributed by atoms with Gasteiger partial charge in [-0.1, -0.05) is 30.3 Å². The number of rotatable bonds is 4. The molecular formula is C20H18N4O2. The van der Waals surface area contributed by atoms with Gasteiger partial charge in [-0.2, -0.15) is 0 Å². The fraction of sp³-hybridized carbons (Fsp3) is 0.100. The van der Waals surface area contributed by atoms with E-state index in [4.69, 9.17) is 15.2 Å². The van der Waals surface area contributed by atoms with Crippen molar-refractivity contribution in [1.29, 1.82) is 0 Å². The van der Waals surface area contributed by atoms with Crippen molar-refractivity contribution in [2.75, 3.05) is 20.0 Å². The molecule has 0 bridgehead atoms. The maximum Gasteiger partial charge on any atom is 0.241 e. The van der Waals surface area contributed by atoms with Gasteiger partial charge in [0.25, 0.3) is 0 Å². The van der Waals surface area contributed by atoms with Crippen molar-refractivity contribution in [2.24, 2.45) is 0 Å². The van der Waals surface area contributed by atoms with Gasteiger partial charge in [-0.05, 0) is 17.7 Å². The van der Waals surface area contributed by atoms with Crippen molar-refractivity contribution in [3.63, 3.8) is 0 Å². The van der Waals surface area contributed by atoms with E-state index in [0.717, 1.165) is 28.0 Å². The predicted octanol–water partition coefficient (Wildman–Crippen LogP) is 3.66. The number of anilines is 1. The molecule has 0 amide bonds. The standard InChI is InChI=1S/C20H18N4O2/c1-25-19-16(13-6-4-3-5-7-13)18(23-20(26-2)17(19)21)14-8-10-24-11-9-22-15(24)12-14/h3-12H,21H2,1-2H3. The lowest BCUT2D eigenvalue weighted by molar-refractivity contribution is 0.388. The van der Waals surface area contributed by atoms with Crippen LogP contribution in [0.2, 0.25) is 0 Å². The molecule has 3 heterocycles. The molecule has 1 aromatic carbocycles. The number of nitrogen functional groups attached to an aromatic ring is 1. The molecule has 0 atom stereocenters. The molecule has 0 saturated carbocycles. The zero-order valence-electron chi connectivity index (χ0n) is 14.5. The van der Waals surface area contributed by atoms with E-state index in [2.05, 4.69) is 9.97 Å². The van der Waals surface area contributed by atoms with Gasteiger partial charge in [0.2, 0.25) is 5.88 Å². The van der Waals surface area contributed by atoms with Gasteiger partial charge in [0.1, 0.15) is 11.3 Å². The maximum absolute atomic E-state index is 6.23. The lowest BCUT2D eigenvalue weighted by Crippen LogP contribution is -2.04. The number of hydrogen-bond acceptors (Lipinski definition) is 5. The van der Waals surface area contributed by atoms with Crippen molar-refractivity contribution in [2.45, 2.75) is 0 Å². The Morgan fingerprint density at radius 1 is 0.962 bits per heavy atom. The van der Waals surface area contributed by atoms with Crippen LogP contribution in [0, 0.1) is 0 Å². The molecule has 4 rings (SSSR count). The second-order valence-electron chi connectivity index (χ2n) is 5.77. The van der Waals surface area contributed by atoms with Crippen LogP contribution in [0.25, 0.3) is 28.0 Å². The summed E-state index contributed by atoms with van der Waals surface area (Å²) in [4.78, 5) is 9.03. The fourth-order valence-corrected chi connectivity index (χ4v) is 3.06. The first-order chi connectivity index (χ1) is 12.7. The number of nitrogens with zero attached hydrogens (tertiary/aromatic N) is 3. The van der Waals surface area contributed by atoms with E-state index in [9.17, 15) is 0 Å². The minimum Gasteiger partial charge on any atom is -0.494 e. The average Bonchev–Trinajstić information content (AvgIpc) is 3.16. The Hall–Kier alpha value is -3.54. The molecule has 2 N–H and O–H groups in total. The van der Waals surface area contributed by atoms with E-state index in [1.807, 2.05) is 59.3 Å². The van der Waals surface area contributed by atoms with Gasteiger partial charge < -0.3 is 19.6 Å². The third-order valence-electron chi connectivity index (χ3n) is 4.28. The Morgan fingerprint density at radius 3 is 2.50 bits per heavy atom. The molecule has 26 heavy (non-hydrogen) atoms. The molecule has 0 radical (unpaired) electrons. The first kappa shape index (κ1) is 16.0. The molecule has 3 aromatic heterocycles. The van der Waals surface area contributed by atoms with Gasteiger partial charge in [-0.3, -0.25) is 0 Å². The van der Waals surface area contributed by atoms with Crippen LogP contribution in [-0.4, -0.2) is 28.6 Å². The maximum atomic E-state index is 6.23. The van der Waals surface area contributed by atoms with Crippen molar-refractivity contribution in [3.05, 3.63) is 61.1 Å². The van der Waals surface area contributed by atoms with Gasteiger partial charge in [-0.25, -0.2) is 9.97 Å². The highest BCUT2D eigenvalue weighted by molar-refractivity contribution is 5.91. The summed E-state index contributed by atoms with van der Waals surface area (Å²) >= 11 is 0. The van der Waals surface area contributed by atoms with Crippen LogP contribution in [0.5, 0.6) is 11.6 Å².